The monoisotopic (exact) mass is 1050 g/mol. The molecule has 0 aliphatic heterocycles. The van der Waals surface area contributed by atoms with Crippen LogP contribution in [0.4, 0.5) is 0 Å². The van der Waals surface area contributed by atoms with Crippen LogP contribution in [0.25, 0.3) is 0 Å². The number of unbranched alkanes of at least 4 members (excludes halogenated alkanes) is 8. The van der Waals surface area contributed by atoms with Crippen LogP contribution >= 0.6 is 15.6 Å². The molecule has 0 aromatic heterocycles. The zero-order chi connectivity index (χ0) is 52.8. The third-order valence-electron chi connectivity index (χ3n) is 10.8. The van der Waals surface area contributed by atoms with E-state index < -0.39 is 95.7 Å². The lowest BCUT2D eigenvalue weighted by atomic mass is 9.85. The molecule has 406 valence electrons. The molecule has 71 heavy (non-hydrogen) atoms. The van der Waals surface area contributed by atoms with E-state index in [1.54, 1.807) is 24.3 Å². The van der Waals surface area contributed by atoms with Gasteiger partial charge < -0.3 is 54.8 Å². The number of allylic oxidation sites excluding steroid dienone is 14. The first-order valence-electron chi connectivity index (χ1n) is 25.0. The maximum Gasteiger partial charge on any atom is 0.472 e. The topological polar surface area (TPSA) is 296 Å². The predicted molar refractivity (Wildman–Crippen MR) is 271 cm³/mol. The summed E-state index contributed by atoms with van der Waals surface area (Å²) >= 11 is 0. The number of hydrogen-bond donors (Lipinski definition) is 9. The fourth-order valence-electron chi connectivity index (χ4n) is 6.94. The summed E-state index contributed by atoms with van der Waals surface area (Å²) in [5.74, 6) is -1.46. The molecule has 0 spiro atoms. The van der Waals surface area contributed by atoms with E-state index in [0.29, 0.717) is 12.8 Å². The number of aliphatic hydroxyl groups is 6. The van der Waals surface area contributed by atoms with Crippen molar-refractivity contribution in [2.24, 2.45) is 0 Å². The second-order valence-electron chi connectivity index (χ2n) is 17.2. The third kappa shape index (κ3) is 34.8. The Hall–Kier alpha value is -3.16. The molecule has 10 atom stereocenters. The van der Waals surface area contributed by atoms with Crippen LogP contribution in [-0.4, -0.2) is 125 Å². The molecule has 9 N–H and O–H groups in total. The van der Waals surface area contributed by atoms with E-state index in [2.05, 4.69) is 67.0 Å². The van der Waals surface area contributed by atoms with E-state index in [9.17, 15) is 64.0 Å². The highest BCUT2D eigenvalue weighted by molar-refractivity contribution is 7.47. The first kappa shape index (κ1) is 65.9. The van der Waals surface area contributed by atoms with Crippen LogP contribution in [0.2, 0.25) is 0 Å². The number of ether oxygens (including phenoxy) is 2. The minimum atomic E-state index is -5.40. The molecule has 0 amide bonds. The molecule has 1 saturated carbocycles. The molecule has 0 bridgehead atoms. The van der Waals surface area contributed by atoms with Gasteiger partial charge in [-0.15, -0.1) is 0 Å². The highest BCUT2D eigenvalue weighted by atomic mass is 31.2. The first-order chi connectivity index (χ1) is 33.9. The van der Waals surface area contributed by atoms with Gasteiger partial charge in [-0.25, -0.2) is 9.13 Å². The van der Waals surface area contributed by atoms with Crippen LogP contribution in [0.15, 0.2) is 97.2 Å². The van der Waals surface area contributed by atoms with Crippen molar-refractivity contribution in [1.29, 1.82) is 0 Å². The highest BCUT2D eigenvalue weighted by Crippen LogP contribution is 2.49. The molecule has 0 heterocycles. The molecule has 20 heteroatoms. The molecule has 0 radical (unpaired) electrons. The summed E-state index contributed by atoms with van der Waals surface area (Å²) in [5.41, 5.74) is 0. The van der Waals surface area contributed by atoms with Crippen molar-refractivity contribution in [2.75, 3.05) is 13.2 Å². The van der Waals surface area contributed by atoms with Crippen molar-refractivity contribution < 1.29 is 87.1 Å². The number of esters is 2. The summed E-state index contributed by atoms with van der Waals surface area (Å²) < 4.78 is 49.3. The fraction of sp³-hybridized carbons (Fsp3) is 0.647. The van der Waals surface area contributed by atoms with Crippen LogP contribution in [0.5, 0.6) is 0 Å². The summed E-state index contributed by atoms with van der Waals surface area (Å²) in [7, 11) is -10.8. The highest BCUT2D eigenvalue weighted by Gasteiger charge is 2.54. The van der Waals surface area contributed by atoms with Crippen LogP contribution in [-0.2, 0) is 41.8 Å². The van der Waals surface area contributed by atoms with Crippen LogP contribution in [0, 0.1) is 0 Å². The zero-order valence-electron chi connectivity index (χ0n) is 41.6. The van der Waals surface area contributed by atoms with Gasteiger partial charge in [-0.1, -0.05) is 156 Å². The van der Waals surface area contributed by atoms with Gasteiger partial charge >= 0.3 is 27.6 Å². The van der Waals surface area contributed by atoms with Crippen LogP contribution in [0.1, 0.15) is 142 Å². The van der Waals surface area contributed by atoms with E-state index in [0.717, 1.165) is 89.9 Å². The van der Waals surface area contributed by atoms with E-state index >= 15 is 0 Å². The summed E-state index contributed by atoms with van der Waals surface area (Å²) in [5, 5.41) is 61.5. The Labute approximate surface area is 421 Å². The number of phosphoric ester groups is 2. The largest absolute Gasteiger partial charge is 0.472 e. The standard InChI is InChI=1S/C51H84O18P2/c1-3-5-7-8-9-10-11-12-13-14-15-16-17-18-19-20-24-27-31-37-45(55)67-43(40-66-71(63,64)69-51-48(58)46(56)47(57)50(49(51)59)68-70(60,61)62)39-65-44(54)38-32-36-42(53)35-30-26-23-21-22-25-29-34-41(52)33-28-6-4-2/h5,7,9-10,12-13,15-16,22-23,25-26,29-30,34-35,41-43,46-53,56-59H,3-4,6,8,11,14,17-21,24,27-28,31-33,36-40H2,1-2H3,(H,63,64)(H2,60,61,62)/b7-5-,10-9-,13-12-,16-15-,25-22-,26-23-,34-29+,35-30+/t41-,42-,43+,46?,47?,48?,49?,50+,51-/m0/s1. The molecule has 0 aromatic rings. The second kappa shape index (κ2) is 40.3. The Morgan fingerprint density at radius 2 is 1.04 bits per heavy atom. The maximum atomic E-state index is 13.0. The Morgan fingerprint density at radius 1 is 0.535 bits per heavy atom. The molecule has 1 fully saturated rings. The van der Waals surface area contributed by atoms with E-state index in [1.165, 1.54) is 0 Å². The van der Waals surface area contributed by atoms with Gasteiger partial charge in [0.2, 0.25) is 0 Å². The molecular weight excluding hydrogens is 962 g/mol. The number of hydrogen-bond acceptors (Lipinski definition) is 15. The van der Waals surface area contributed by atoms with Crippen LogP contribution < -0.4 is 0 Å². The average molecular weight is 1050 g/mol. The van der Waals surface area contributed by atoms with Gasteiger partial charge in [-0.05, 0) is 70.6 Å². The zero-order valence-corrected chi connectivity index (χ0v) is 43.4. The predicted octanol–water partition coefficient (Wildman–Crippen LogP) is 7.89. The molecule has 1 aliphatic rings. The van der Waals surface area contributed by atoms with Gasteiger partial charge in [0.05, 0.1) is 18.8 Å². The smallest absolute Gasteiger partial charge is 0.462 e. The van der Waals surface area contributed by atoms with Gasteiger partial charge in [0.1, 0.15) is 43.2 Å². The maximum absolute atomic E-state index is 13.0. The van der Waals surface area contributed by atoms with Gasteiger partial charge in [0, 0.05) is 12.8 Å². The summed E-state index contributed by atoms with van der Waals surface area (Å²) in [6.45, 7) is 2.69. The molecule has 18 nitrogen and oxygen atoms in total. The normalized spacial score (nSPS) is 22.6. The lowest BCUT2D eigenvalue weighted by Gasteiger charge is -2.43. The fourth-order valence-corrected chi connectivity index (χ4v) is 8.47. The summed E-state index contributed by atoms with van der Waals surface area (Å²) in [6, 6.07) is 0. The number of rotatable bonds is 40. The van der Waals surface area contributed by atoms with Gasteiger partial charge in [0.25, 0.3) is 0 Å². The third-order valence-corrected chi connectivity index (χ3v) is 12.4. The minimum absolute atomic E-state index is 0.0276. The first-order valence-corrected chi connectivity index (χ1v) is 28.0. The molecular formula is C51H84O18P2. The second-order valence-corrected chi connectivity index (χ2v) is 19.8. The van der Waals surface area contributed by atoms with Gasteiger partial charge in [-0.3, -0.25) is 23.2 Å². The summed E-state index contributed by atoms with van der Waals surface area (Å²) in [4.78, 5) is 54.4. The van der Waals surface area contributed by atoms with Crippen molar-refractivity contribution in [3.8, 4) is 0 Å². The van der Waals surface area contributed by atoms with Crippen molar-refractivity contribution in [3.05, 3.63) is 97.2 Å². The molecule has 1 rings (SSSR count). The van der Waals surface area contributed by atoms with Crippen molar-refractivity contribution >= 4 is 27.6 Å². The number of carbonyl (C=O) groups excluding carboxylic acids is 2. The minimum Gasteiger partial charge on any atom is -0.462 e. The SMILES string of the molecule is CC/C=C\C/C=C\C/C=C\C/C=C\CCCCCCCCC(=O)O[C@H](COC(=O)CCC[C@@H](O)/C=C/C=C\C/C=C\C=C\[C@@H](O)CCCCC)COP(=O)(O)O[C@H]1C(O)C(O)C(O)[C@@H](OP(=O)(O)O)C1O. The lowest BCUT2D eigenvalue weighted by Crippen LogP contribution is -2.64. The Balaban J connectivity index is 2.68. The van der Waals surface area contributed by atoms with Crippen molar-refractivity contribution in [1.82, 2.24) is 0 Å². The number of carbonyl (C=O) groups is 2. The lowest BCUT2D eigenvalue weighted by molar-refractivity contribution is -0.216. The quantitative estimate of drug-likeness (QED) is 0.00926. The molecule has 5 unspecified atom stereocenters. The van der Waals surface area contributed by atoms with Gasteiger partial charge in [-0.2, -0.15) is 0 Å². The van der Waals surface area contributed by atoms with Crippen molar-refractivity contribution in [3.63, 3.8) is 0 Å². The Bertz CT molecular complexity index is 1770. The number of phosphoric acid groups is 2. The average Bonchev–Trinajstić information content (AvgIpc) is 3.32. The van der Waals surface area contributed by atoms with E-state index in [4.69, 9.17) is 18.5 Å². The van der Waals surface area contributed by atoms with E-state index in [1.807, 2.05) is 24.3 Å². The molecule has 1 aliphatic carbocycles. The van der Waals surface area contributed by atoms with Crippen LogP contribution in [0.3, 0.4) is 0 Å². The number of aliphatic hydroxyl groups excluding tert-OH is 6. The van der Waals surface area contributed by atoms with Crippen molar-refractivity contribution in [2.45, 2.75) is 197 Å². The Morgan fingerprint density at radius 3 is 1.62 bits per heavy atom. The van der Waals surface area contributed by atoms with E-state index in [-0.39, 0.29) is 25.7 Å². The molecule has 0 aromatic carbocycles. The Kier molecular flexibility index (Phi) is 37.3. The van der Waals surface area contributed by atoms with Gasteiger partial charge in [0.15, 0.2) is 6.10 Å². The summed E-state index contributed by atoms with van der Waals surface area (Å²) in [6.07, 6.45) is 29.8. The molecule has 0 saturated heterocycles.